The first kappa shape index (κ1) is 15.4. The van der Waals surface area contributed by atoms with Gasteiger partial charge in [0.1, 0.15) is 5.82 Å². The number of halogens is 3. The van der Waals surface area contributed by atoms with Gasteiger partial charge in [-0.2, -0.15) is 0 Å². The zero-order chi connectivity index (χ0) is 16.8. The quantitative estimate of drug-likeness (QED) is 0.877. The molecule has 2 heterocycles. The average Bonchev–Trinajstić information content (AvgIpc) is 3.40. The molecule has 4 rings (SSSR count). The van der Waals surface area contributed by atoms with E-state index in [9.17, 15) is 18.0 Å². The van der Waals surface area contributed by atoms with Gasteiger partial charge in [-0.1, -0.05) is 6.07 Å². The largest absolute Gasteiger partial charge is 0.310 e. The van der Waals surface area contributed by atoms with Crippen LogP contribution in [0, 0.1) is 17.5 Å². The van der Waals surface area contributed by atoms with Crippen molar-refractivity contribution in [3.05, 3.63) is 62.6 Å². The molecule has 0 spiro atoms. The van der Waals surface area contributed by atoms with E-state index in [2.05, 4.69) is 9.97 Å². The lowest BCUT2D eigenvalue weighted by Crippen LogP contribution is -2.35. The fraction of sp³-hybridized carbons (Fsp3) is 0.412. The summed E-state index contributed by atoms with van der Waals surface area (Å²) in [7, 11) is 0. The fourth-order valence-electron chi connectivity index (χ4n) is 3.13. The Morgan fingerprint density at radius 2 is 2.00 bits per heavy atom. The fourth-order valence-corrected chi connectivity index (χ4v) is 3.13. The predicted molar refractivity (Wildman–Crippen MR) is 81.0 cm³/mol. The molecule has 7 heteroatoms. The summed E-state index contributed by atoms with van der Waals surface area (Å²) < 4.78 is 40.2. The molecule has 1 fully saturated rings. The van der Waals surface area contributed by atoms with E-state index in [0.717, 1.165) is 24.7 Å². The van der Waals surface area contributed by atoms with Gasteiger partial charge >= 0.3 is 0 Å². The van der Waals surface area contributed by atoms with Crippen molar-refractivity contribution in [2.45, 2.75) is 38.3 Å². The number of H-pyrrole nitrogens is 1. The number of nitrogens with zero attached hydrogens (tertiary/aromatic N) is 2. The number of aromatic nitrogens is 2. The van der Waals surface area contributed by atoms with Crippen molar-refractivity contribution in [2.75, 3.05) is 6.54 Å². The van der Waals surface area contributed by atoms with Crippen molar-refractivity contribution in [2.24, 2.45) is 0 Å². The standard InChI is InChI=1S/C17H16F3N3O/c18-12-4-3-10(14(19)15(12)20)7-23-6-5-11-13(8-23)21-16(9-1-2-9)22-17(11)24/h3-4,9H,1-2,5-8H2,(H,21,22,24). The monoisotopic (exact) mass is 335 g/mol. The summed E-state index contributed by atoms with van der Waals surface area (Å²) in [4.78, 5) is 21.4. The predicted octanol–water partition coefficient (Wildman–Crippen LogP) is 2.62. The number of hydrogen-bond acceptors (Lipinski definition) is 3. The Balaban J connectivity index is 1.58. The average molecular weight is 335 g/mol. The summed E-state index contributed by atoms with van der Waals surface area (Å²) in [5.74, 6) is -2.74. The van der Waals surface area contributed by atoms with E-state index in [1.54, 1.807) is 0 Å². The van der Waals surface area contributed by atoms with Crippen LogP contribution in [0.5, 0.6) is 0 Å². The molecular weight excluding hydrogens is 319 g/mol. The molecule has 24 heavy (non-hydrogen) atoms. The van der Waals surface area contributed by atoms with Crippen LogP contribution in [0.25, 0.3) is 0 Å². The van der Waals surface area contributed by atoms with Gasteiger partial charge in [-0.3, -0.25) is 9.69 Å². The molecule has 0 atom stereocenters. The number of aromatic amines is 1. The zero-order valence-corrected chi connectivity index (χ0v) is 12.9. The minimum atomic E-state index is -1.45. The number of benzene rings is 1. The van der Waals surface area contributed by atoms with Gasteiger partial charge in [0, 0.05) is 36.7 Å². The van der Waals surface area contributed by atoms with Gasteiger partial charge in [0.25, 0.3) is 5.56 Å². The minimum Gasteiger partial charge on any atom is -0.310 e. The molecule has 1 N–H and O–H groups in total. The Kier molecular flexibility index (Phi) is 3.68. The summed E-state index contributed by atoms with van der Waals surface area (Å²) in [5.41, 5.74) is 1.38. The molecule has 1 aliphatic heterocycles. The first-order valence-electron chi connectivity index (χ1n) is 7.99. The molecule has 0 bridgehead atoms. The van der Waals surface area contributed by atoms with E-state index >= 15 is 0 Å². The lowest BCUT2D eigenvalue weighted by atomic mass is 10.0. The molecule has 1 aliphatic carbocycles. The van der Waals surface area contributed by atoms with Gasteiger partial charge in [-0.15, -0.1) is 0 Å². The molecule has 0 unspecified atom stereocenters. The van der Waals surface area contributed by atoms with Gasteiger partial charge < -0.3 is 4.98 Å². The zero-order valence-electron chi connectivity index (χ0n) is 12.9. The number of hydrogen-bond donors (Lipinski definition) is 1. The highest BCUT2D eigenvalue weighted by Crippen LogP contribution is 2.37. The van der Waals surface area contributed by atoms with Crippen molar-refractivity contribution in [1.29, 1.82) is 0 Å². The maximum Gasteiger partial charge on any atom is 0.254 e. The molecule has 1 aromatic heterocycles. The van der Waals surface area contributed by atoms with Gasteiger partial charge in [0.05, 0.1) is 5.69 Å². The van der Waals surface area contributed by atoms with E-state index in [1.807, 2.05) is 4.90 Å². The Morgan fingerprint density at radius 3 is 2.75 bits per heavy atom. The third-order valence-corrected chi connectivity index (χ3v) is 4.64. The van der Waals surface area contributed by atoms with Gasteiger partial charge in [-0.05, 0) is 25.3 Å². The van der Waals surface area contributed by atoms with Crippen LogP contribution in [0.15, 0.2) is 16.9 Å². The first-order valence-corrected chi connectivity index (χ1v) is 7.99. The Bertz CT molecular complexity index is 861. The third-order valence-electron chi connectivity index (χ3n) is 4.64. The number of nitrogens with one attached hydrogen (secondary N) is 1. The molecule has 126 valence electrons. The number of rotatable bonds is 3. The number of fused-ring (bicyclic) bond motifs is 1. The first-order chi connectivity index (χ1) is 11.5. The Labute approximate surface area is 136 Å². The van der Waals surface area contributed by atoms with Crippen LogP contribution < -0.4 is 5.56 Å². The van der Waals surface area contributed by atoms with E-state index in [-0.39, 0.29) is 17.7 Å². The summed E-state index contributed by atoms with van der Waals surface area (Å²) in [6.07, 6.45) is 2.57. The summed E-state index contributed by atoms with van der Waals surface area (Å²) in [5, 5.41) is 0. The van der Waals surface area contributed by atoms with Crippen LogP contribution in [0.3, 0.4) is 0 Å². The molecule has 0 amide bonds. The smallest absolute Gasteiger partial charge is 0.254 e. The lowest BCUT2D eigenvalue weighted by Gasteiger charge is -2.28. The van der Waals surface area contributed by atoms with E-state index < -0.39 is 17.5 Å². The van der Waals surface area contributed by atoms with Crippen molar-refractivity contribution in [3.8, 4) is 0 Å². The van der Waals surface area contributed by atoms with E-state index in [1.165, 1.54) is 6.07 Å². The topological polar surface area (TPSA) is 49.0 Å². The van der Waals surface area contributed by atoms with Crippen molar-refractivity contribution in [1.82, 2.24) is 14.9 Å². The van der Waals surface area contributed by atoms with Crippen LogP contribution >= 0.6 is 0 Å². The van der Waals surface area contributed by atoms with Crippen LogP contribution in [0.1, 0.15) is 41.4 Å². The maximum atomic E-state index is 13.8. The van der Waals surface area contributed by atoms with Gasteiger partial charge in [0.2, 0.25) is 0 Å². The van der Waals surface area contributed by atoms with E-state index in [4.69, 9.17) is 0 Å². The van der Waals surface area contributed by atoms with E-state index in [0.29, 0.717) is 36.7 Å². The highest BCUT2D eigenvalue weighted by molar-refractivity contribution is 5.24. The molecule has 1 aromatic carbocycles. The summed E-state index contributed by atoms with van der Waals surface area (Å²) in [6.45, 7) is 1.09. The second kappa shape index (κ2) is 5.73. The molecule has 2 aliphatic rings. The van der Waals surface area contributed by atoms with Crippen LogP contribution in [0.4, 0.5) is 13.2 Å². The molecule has 2 aromatic rings. The summed E-state index contributed by atoms with van der Waals surface area (Å²) in [6, 6.07) is 2.18. The van der Waals surface area contributed by atoms with Crippen LogP contribution in [0.2, 0.25) is 0 Å². The SMILES string of the molecule is O=c1[nH]c(C2CC2)nc2c1CCN(Cc1ccc(F)c(F)c1F)C2. The van der Waals surface area contributed by atoms with Crippen LogP contribution in [-0.2, 0) is 19.5 Å². The minimum absolute atomic E-state index is 0.0967. The lowest BCUT2D eigenvalue weighted by molar-refractivity contribution is 0.235. The Morgan fingerprint density at radius 1 is 1.21 bits per heavy atom. The summed E-state index contributed by atoms with van der Waals surface area (Å²) >= 11 is 0. The molecule has 4 nitrogen and oxygen atoms in total. The highest BCUT2D eigenvalue weighted by Gasteiger charge is 2.29. The second-order valence-corrected chi connectivity index (χ2v) is 6.45. The molecule has 1 saturated carbocycles. The third kappa shape index (κ3) is 2.73. The Hall–Kier alpha value is -2.15. The second-order valence-electron chi connectivity index (χ2n) is 6.45. The van der Waals surface area contributed by atoms with Crippen molar-refractivity contribution < 1.29 is 13.2 Å². The normalized spacial score (nSPS) is 17.8. The molecular formula is C17H16F3N3O. The van der Waals surface area contributed by atoms with Crippen LogP contribution in [-0.4, -0.2) is 21.4 Å². The van der Waals surface area contributed by atoms with Gasteiger partial charge in [0.15, 0.2) is 17.5 Å². The molecule has 0 radical (unpaired) electrons. The highest BCUT2D eigenvalue weighted by atomic mass is 19.2. The molecule has 0 saturated heterocycles. The van der Waals surface area contributed by atoms with Crippen molar-refractivity contribution in [3.63, 3.8) is 0 Å². The maximum absolute atomic E-state index is 13.8. The van der Waals surface area contributed by atoms with Gasteiger partial charge in [-0.25, -0.2) is 18.2 Å². The van der Waals surface area contributed by atoms with Crippen molar-refractivity contribution >= 4 is 0 Å².